The van der Waals surface area contributed by atoms with E-state index in [0.29, 0.717) is 18.9 Å². The van der Waals surface area contributed by atoms with E-state index in [2.05, 4.69) is 0 Å². The third kappa shape index (κ3) is 3.91. The first-order valence-corrected chi connectivity index (χ1v) is 6.34. The van der Waals surface area contributed by atoms with Crippen molar-refractivity contribution < 1.29 is 14.7 Å². The predicted octanol–water partition coefficient (Wildman–Crippen LogP) is 1.63. The summed E-state index contributed by atoms with van der Waals surface area (Å²) < 4.78 is 0. The summed E-state index contributed by atoms with van der Waals surface area (Å²) in [6.07, 6.45) is 1.82. The van der Waals surface area contributed by atoms with Crippen molar-refractivity contribution in [2.45, 2.75) is 33.1 Å². The van der Waals surface area contributed by atoms with Crippen molar-refractivity contribution in [2.24, 2.45) is 5.92 Å². The minimum Gasteiger partial charge on any atom is -0.481 e. The Kier molecular flexibility index (Phi) is 5.25. The average molecular weight is 242 g/mol. The summed E-state index contributed by atoms with van der Waals surface area (Å²) in [7, 11) is 0. The summed E-state index contributed by atoms with van der Waals surface area (Å²) in [5.41, 5.74) is 0. The number of aliphatic carboxylic acids is 1. The van der Waals surface area contributed by atoms with E-state index in [1.54, 1.807) is 4.90 Å². The fraction of sp³-hybridized carbons (Fsp3) is 0.833. The monoisotopic (exact) mass is 242 g/mol. The van der Waals surface area contributed by atoms with E-state index in [-0.39, 0.29) is 12.5 Å². The van der Waals surface area contributed by atoms with Crippen LogP contribution in [0.15, 0.2) is 0 Å². The standard InChI is InChI=1S/C12H22N2O3/c1-3-13(4-2)12(17)14-8-7-10(9-14)5-6-11(15)16/h10H,3-9H2,1-2H3,(H,15,16). The first kappa shape index (κ1) is 13.8. The third-order valence-electron chi connectivity index (χ3n) is 3.36. The summed E-state index contributed by atoms with van der Waals surface area (Å²) in [5, 5.41) is 8.62. The molecule has 1 fully saturated rings. The molecule has 1 N–H and O–H groups in total. The highest BCUT2D eigenvalue weighted by Crippen LogP contribution is 2.21. The zero-order valence-corrected chi connectivity index (χ0v) is 10.7. The molecule has 0 radical (unpaired) electrons. The molecule has 0 spiro atoms. The van der Waals surface area contributed by atoms with Crippen LogP contribution in [0.4, 0.5) is 4.79 Å². The summed E-state index contributed by atoms with van der Waals surface area (Å²) >= 11 is 0. The molecule has 0 bridgehead atoms. The molecule has 0 aromatic carbocycles. The number of rotatable bonds is 5. The van der Waals surface area contributed by atoms with Crippen LogP contribution in [0.25, 0.3) is 0 Å². The molecule has 0 aromatic heterocycles. The van der Waals surface area contributed by atoms with E-state index in [1.807, 2.05) is 18.7 Å². The van der Waals surface area contributed by atoms with Gasteiger partial charge in [0, 0.05) is 32.6 Å². The molecule has 1 rings (SSSR count). The lowest BCUT2D eigenvalue weighted by Crippen LogP contribution is -2.41. The smallest absolute Gasteiger partial charge is 0.319 e. The number of amides is 2. The largest absolute Gasteiger partial charge is 0.481 e. The Morgan fingerprint density at radius 3 is 2.53 bits per heavy atom. The molecule has 0 saturated carbocycles. The minimum atomic E-state index is -0.751. The highest BCUT2D eigenvalue weighted by atomic mass is 16.4. The van der Waals surface area contributed by atoms with Crippen LogP contribution in [0.3, 0.4) is 0 Å². The Balaban J connectivity index is 2.38. The summed E-state index contributed by atoms with van der Waals surface area (Å²) in [6, 6.07) is 0.0906. The van der Waals surface area contributed by atoms with E-state index < -0.39 is 5.97 Å². The van der Waals surface area contributed by atoms with Gasteiger partial charge in [-0.3, -0.25) is 4.79 Å². The van der Waals surface area contributed by atoms with Gasteiger partial charge < -0.3 is 14.9 Å². The van der Waals surface area contributed by atoms with Crippen molar-refractivity contribution in [1.82, 2.24) is 9.80 Å². The van der Waals surface area contributed by atoms with Crippen LogP contribution < -0.4 is 0 Å². The predicted molar refractivity (Wildman–Crippen MR) is 64.9 cm³/mol. The fourth-order valence-corrected chi connectivity index (χ4v) is 2.26. The van der Waals surface area contributed by atoms with Crippen molar-refractivity contribution in [1.29, 1.82) is 0 Å². The number of carbonyl (C=O) groups is 2. The van der Waals surface area contributed by atoms with E-state index >= 15 is 0 Å². The van der Waals surface area contributed by atoms with Gasteiger partial charge in [-0.15, -0.1) is 0 Å². The van der Waals surface area contributed by atoms with Crippen LogP contribution in [0.2, 0.25) is 0 Å². The lowest BCUT2D eigenvalue weighted by molar-refractivity contribution is -0.137. The molecule has 1 atom stereocenters. The Labute approximate surface area is 102 Å². The lowest BCUT2D eigenvalue weighted by atomic mass is 10.0. The fourth-order valence-electron chi connectivity index (χ4n) is 2.26. The molecule has 17 heavy (non-hydrogen) atoms. The number of carboxylic acid groups (broad SMARTS) is 1. The highest BCUT2D eigenvalue weighted by Gasteiger charge is 2.28. The Bertz CT molecular complexity index is 277. The Hall–Kier alpha value is -1.26. The topological polar surface area (TPSA) is 60.9 Å². The average Bonchev–Trinajstić information content (AvgIpc) is 2.76. The van der Waals surface area contributed by atoms with Gasteiger partial charge in [-0.25, -0.2) is 4.79 Å². The van der Waals surface area contributed by atoms with Gasteiger partial charge in [0.05, 0.1) is 0 Å². The molecule has 1 aliphatic rings. The van der Waals surface area contributed by atoms with E-state index in [1.165, 1.54) is 0 Å². The third-order valence-corrected chi connectivity index (χ3v) is 3.36. The molecule has 0 aliphatic carbocycles. The molecule has 5 nitrogen and oxygen atoms in total. The van der Waals surface area contributed by atoms with E-state index in [4.69, 9.17) is 5.11 Å². The quantitative estimate of drug-likeness (QED) is 0.797. The van der Waals surface area contributed by atoms with Crippen LogP contribution in [-0.2, 0) is 4.79 Å². The second-order valence-electron chi connectivity index (χ2n) is 4.49. The van der Waals surface area contributed by atoms with Crippen molar-refractivity contribution in [3.63, 3.8) is 0 Å². The molecule has 1 heterocycles. The molecule has 98 valence electrons. The van der Waals surface area contributed by atoms with Gasteiger partial charge in [0.2, 0.25) is 0 Å². The highest BCUT2D eigenvalue weighted by molar-refractivity contribution is 5.74. The number of likely N-dealkylation sites (tertiary alicyclic amines) is 1. The Morgan fingerprint density at radius 2 is 2.00 bits per heavy atom. The first-order valence-electron chi connectivity index (χ1n) is 6.34. The van der Waals surface area contributed by atoms with Crippen molar-refractivity contribution in [3.8, 4) is 0 Å². The van der Waals surface area contributed by atoms with Gasteiger partial charge in [-0.1, -0.05) is 0 Å². The molecular formula is C12H22N2O3. The zero-order chi connectivity index (χ0) is 12.8. The van der Waals surface area contributed by atoms with Crippen molar-refractivity contribution in [3.05, 3.63) is 0 Å². The van der Waals surface area contributed by atoms with Gasteiger partial charge in [0.1, 0.15) is 0 Å². The van der Waals surface area contributed by atoms with Gasteiger partial charge in [-0.05, 0) is 32.6 Å². The normalized spacial score (nSPS) is 19.4. The number of carboxylic acids is 1. The molecule has 1 unspecified atom stereocenters. The van der Waals surface area contributed by atoms with Crippen molar-refractivity contribution >= 4 is 12.0 Å². The van der Waals surface area contributed by atoms with E-state index in [0.717, 1.165) is 26.1 Å². The number of urea groups is 1. The lowest BCUT2D eigenvalue weighted by Gasteiger charge is -2.25. The SMILES string of the molecule is CCN(CC)C(=O)N1CCC(CCC(=O)O)C1. The maximum Gasteiger partial charge on any atom is 0.319 e. The summed E-state index contributed by atoms with van der Waals surface area (Å²) in [5.74, 6) is -0.399. The van der Waals surface area contributed by atoms with Gasteiger partial charge in [0.25, 0.3) is 0 Å². The number of carbonyl (C=O) groups excluding carboxylic acids is 1. The van der Waals surface area contributed by atoms with Crippen LogP contribution in [0, 0.1) is 5.92 Å². The number of hydrogen-bond acceptors (Lipinski definition) is 2. The van der Waals surface area contributed by atoms with Gasteiger partial charge in [-0.2, -0.15) is 0 Å². The summed E-state index contributed by atoms with van der Waals surface area (Å²) in [4.78, 5) is 26.2. The van der Waals surface area contributed by atoms with E-state index in [9.17, 15) is 9.59 Å². The van der Waals surface area contributed by atoms with Crippen LogP contribution >= 0.6 is 0 Å². The second kappa shape index (κ2) is 6.47. The molecule has 1 saturated heterocycles. The Morgan fingerprint density at radius 1 is 1.35 bits per heavy atom. The maximum atomic E-state index is 12.0. The molecule has 2 amide bonds. The maximum absolute atomic E-state index is 12.0. The second-order valence-corrected chi connectivity index (χ2v) is 4.49. The van der Waals surface area contributed by atoms with Gasteiger partial charge in [0.15, 0.2) is 0 Å². The van der Waals surface area contributed by atoms with Crippen LogP contribution in [0.5, 0.6) is 0 Å². The molecule has 0 aromatic rings. The molecule has 5 heteroatoms. The number of hydrogen-bond donors (Lipinski definition) is 1. The zero-order valence-electron chi connectivity index (χ0n) is 10.7. The van der Waals surface area contributed by atoms with Crippen LogP contribution in [-0.4, -0.2) is 53.1 Å². The summed E-state index contributed by atoms with van der Waals surface area (Å²) in [6.45, 7) is 6.87. The van der Waals surface area contributed by atoms with Gasteiger partial charge >= 0.3 is 12.0 Å². The van der Waals surface area contributed by atoms with Crippen LogP contribution in [0.1, 0.15) is 33.1 Å². The number of nitrogens with zero attached hydrogens (tertiary/aromatic N) is 2. The molecular weight excluding hydrogens is 220 g/mol. The minimum absolute atomic E-state index is 0.0906. The first-order chi connectivity index (χ1) is 8.08. The molecule has 1 aliphatic heterocycles. The van der Waals surface area contributed by atoms with Crippen molar-refractivity contribution in [2.75, 3.05) is 26.2 Å².